The number of hydrogen-bond acceptors (Lipinski definition) is 7. The molecule has 1 N–H and O–H groups in total. The molecule has 9 heteroatoms. The van der Waals surface area contributed by atoms with Crippen molar-refractivity contribution >= 4 is 11.6 Å². The summed E-state index contributed by atoms with van der Waals surface area (Å²) >= 11 is 0. The summed E-state index contributed by atoms with van der Waals surface area (Å²) in [5, 5.41) is 17.9. The van der Waals surface area contributed by atoms with Gasteiger partial charge in [-0.1, -0.05) is 43.6 Å². The van der Waals surface area contributed by atoms with Gasteiger partial charge >= 0.3 is 0 Å². The Kier molecular flexibility index (Phi) is 6.41. The standard InChI is InChI=1S/C21H22N4O5/c1-4-13(2)18(22-20(26)15-8-5-9-16(11-15)25(27)28)21-23-19(24-30-21)14-7-6-10-17(12-14)29-3/h5-13,18H,4H2,1-3H3,(H,22,26)/t13-,18+/m1/s1. The molecular formula is C21H22N4O5. The van der Waals surface area contributed by atoms with E-state index in [1.54, 1.807) is 13.2 Å². The van der Waals surface area contributed by atoms with Gasteiger partial charge in [0.15, 0.2) is 0 Å². The topological polar surface area (TPSA) is 120 Å². The van der Waals surface area contributed by atoms with Crippen molar-refractivity contribution in [3.63, 3.8) is 0 Å². The number of carbonyl (C=O) groups excluding carboxylic acids is 1. The maximum absolute atomic E-state index is 12.7. The van der Waals surface area contributed by atoms with Crippen LogP contribution in [0.3, 0.4) is 0 Å². The van der Waals surface area contributed by atoms with Crippen LogP contribution in [0.15, 0.2) is 53.1 Å². The number of ether oxygens (including phenoxy) is 1. The van der Waals surface area contributed by atoms with E-state index in [9.17, 15) is 14.9 Å². The van der Waals surface area contributed by atoms with Gasteiger partial charge in [-0.25, -0.2) is 0 Å². The first kappa shape index (κ1) is 21.0. The van der Waals surface area contributed by atoms with Crippen LogP contribution in [0.5, 0.6) is 5.75 Å². The van der Waals surface area contributed by atoms with Gasteiger partial charge in [-0.15, -0.1) is 0 Å². The second kappa shape index (κ2) is 9.17. The fourth-order valence-electron chi connectivity index (χ4n) is 2.91. The molecule has 3 aromatic rings. The maximum Gasteiger partial charge on any atom is 0.270 e. The minimum absolute atomic E-state index is 0.00809. The molecule has 0 saturated heterocycles. The van der Waals surface area contributed by atoms with Gasteiger partial charge in [0.2, 0.25) is 11.7 Å². The maximum atomic E-state index is 12.7. The van der Waals surface area contributed by atoms with Crippen LogP contribution in [0.2, 0.25) is 0 Å². The molecule has 0 bridgehead atoms. The van der Waals surface area contributed by atoms with E-state index >= 15 is 0 Å². The zero-order valence-corrected chi connectivity index (χ0v) is 16.9. The predicted octanol–water partition coefficient (Wildman–Crippen LogP) is 4.17. The van der Waals surface area contributed by atoms with Crippen molar-refractivity contribution in [1.29, 1.82) is 0 Å². The van der Waals surface area contributed by atoms with Crippen LogP contribution in [0.4, 0.5) is 5.69 Å². The fourth-order valence-corrected chi connectivity index (χ4v) is 2.91. The predicted molar refractivity (Wildman–Crippen MR) is 109 cm³/mol. The van der Waals surface area contributed by atoms with Gasteiger partial charge in [-0.2, -0.15) is 4.98 Å². The van der Waals surface area contributed by atoms with Crippen LogP contribution in [0.1, 0.15) is 42.6 Å². The number of nitrogens with one attached hydrogen (secondary N) is 1. The molecule has 2 atom stereocenters. The highest BCUT2D eigenvalue weighted by atomic mass is 16.6. The highest BCUT2D eigenvalue weighted by molar-refractivity contribution is 5.95. The Bertz CT molecular complexity index is 1050. The van der Waals surface area contributed by atoms with Gasteiger partial charge in [-0.3, -0.25) is 14.9 Å². The van der Waals surface area contributed by atoms with E-state index < -0.39 is 16.9 Å². The van der Waals surface area contributed by atoms with Gasteiger partial charge < -0.3 is 14.6 Å². The molecular weight excluding hydrogens is 388 g/mol. The molecule has 1 amide bonds. The molecule has 9 nitrogen and oxygen atoms in total. The van der Waals surface area contributed by atoms with Gasteiger partial charge in [0.1, 0.15) is 11.8 Å². The number of benzene rings is 2. The van der Waals surface area contributed by atoms with Gasteiger partial charge in [0.25, 0.3) is 11.6 Å². The Hall–Kier alpha value is -3.75. The van der Waals surface area contributed by atoms with E-state index in [1.165, 1.54) is 24.3 Å². The van der Waals surface area contributed by atoms with Crippen LogP contribution in [-0.4, -0.2) is 28.1 Å². The Morgan fingerprint density at radius 1 is 1.27 bits per heavy atom. The quantitative estimate of drug-likeness (QED) is 0.437. The first-order valence-electron chi connectivity index (χ1n) is 9.46. The number of aromatic nitrogens is 2. The summed E-state index contributed by atoms with van der Waals surface area (Å²) in [7, 11) is 1.57. The monoisotopic (exact) mass is 410 g/mol. The van der Waals surface area contributed by atoms with Crippen molar-refractivity contribution in [2.45, 2.75) is 26.3 Å². The number of nitro benzene ring substituents is 1. The van der Waals surface area contributed by atoms with E-state index in [-0.39, 0.29) is 23.1 Å². The third-order valence-corrected chi connectivity index (χ3v) is 4.85. The highest BCUT2D eigenvalue weighted by Crippen LogP contribution is 2.27. The summed E-state index contributed by atoms with van der Waals surface area (Å²) in [6.45, 7) is 3.93. The first-order chi connectivity index (χ1) is 14.4. The number of nitrogens with zero attached hydrogens (tertiary/aromatic N) is 3. The molecule has 0 unspecified atom stereocenters. The number of hydrogen-bond donors (Lipinski definition) is 1. The third-order valence-electron chi connectivity index (χ3n) is 4.85. The number of methoxy groups -OCH3 is 1. The smallest absolute Gasteiger partial charge is 0.270 e. The molecule has 2 aromatic carbocycles. The van der Waals surface area contributed by atoms with Gasteiger partial charge in [0.05, 0.1) is 12.0 Å². The SMILES string of the molecule is CC[C@@H](C)[C@H](NC(=O)c1cccc([N+](=O)[O-])c1)c1nc(-c2cccc(OC)c2)no1. The summed E-state index contributed by atoms with van der Waals surface area (Å²) in [5.74, 6) is 0.843. The second-order valence-electron chi connectivity index (χ2n) is 6.83. The largest absolute Gasteiger partial charge is 0.497 e. The highest BCUT2D eigenvalue weighted by Gasteiger charge is 2.27. The van der Waals surface area contributed by atoms with Crippen LogP contribution in [0, 0.1) is 16.0 Å². The average Bonchev–Trinajstić information content (AvgIpc) is 3.26. The fraction of sp³-hybridized carbons (Fsp3) is 0.286. The molecule has 0 aliphatic heterocycles. The number of non-ortho nitro benzene ring substituents is 1. The number of nitro groups is 1. The molecule has 0 spiro atoms. The summed E-state index contributed by atoms with van der Waals surface area (Å²) in [5.41, 5.74) is 0.753. The van der Waals surface area contributed by atoms with Crippen molar-refractivity contribution in [2.75, 3.05) is 7.11 Å². The molecule has 1 heterocycles. The average molecular weight is 410 g/mol. The van der Waals surface area contributed by atoms with E-state index in [0.717, 1.165) is 12.0 Å². The Morgan fingerprint density at radius 2 is 2.03 bits per heavy atom. The summed E-state index contributed by atoms with van der Waals surface area (Å²) in [6, 6.07) is 12.3. The normalized spacial score (nSPS) is 12.8. The van der Waals surface area contributed by atoms with Crippen molar-refractivity contribution in [3.8, 4) is 17.1 Å². The molecule has 156 valence electrons. The molecule has 30 heavy (non-hydrogen) atoms. The lowest BCUT2D eigenvalue weighted by atomic mass is 9.98. The third kappa shape index (κ3) is 4.62. The van der Waals surface area contributed by atoms with Crippen molar-refractivity contribution in [3.05, 3.63) is 70.1 Å². The van der Waals surface area contributed by atoms with E-state index in [4.69, 9.17) is 9.26 Å². The molecule has 0 aliphatic rings. The summed E-state index contributed by atoms with van der Waals surface area (Å²) in [4.78, 5) is 27.7. The van der Waals surface area contributed by atoms with Gasteiger partial charge in [-0.05, 0) is 24.1 Å². The van der Waals surface area contributed by atoms with E-state index in [1.807, 2.05) is 32.0 Å². The van der Waals surface area contributed by atoms with E-state index in [0.29, 0.717) is 11.6 Å². The van der Waals surface area contributed by atoms with Crippen LogP contribution in [-0.2, 0) is 0 Å². The number of amides is 1. The Balaban J connectivity index is 1.86. The van der Waals surface area contributed by atoms with Crippen molar-refractivity contribution in [2.24, 2.45) is 5.92 Å². The Morgan fingerprint density at radius 3 is 2.73 bits per heavy atom. The zero-order chi connectivity index (χ0) is 21.7. The molecule has 3 rings (SSSR count). The summed E-state index contributed by atoms with van der Waals surface area (Å²) < 4.78 is 10.7. The molecule has 0 radical (unpaired) electrons. The van der Waals surface area contributed by atoms with Crippen LogP contribution >= 0.6 is 0 Å². The lowest BCUT2D eigenvalue weighted by Gasteiger charge is -2.20. The van der Waals surface area contributed by atoms with Gasteiger partial charge in [0, 0.05) is 23.3 Å². The second-order valence-corrected chi connectivity index (χ2v) is 6.83. The molecule has 0 aliphatic carbocycles. The first-order valence-corrected chi connectivity index (χ1v) is 9.46. The zero-order valence-electron chi connectivity index (χ0n) is 16.9. The van der Waals surface area contributed by atoms with Crippen molar-refractivity contribution < 1.29 is 19.0 Å². The van der Waals surface area contributed by atoms with Crippen molar-refractivity contribution in [1.82, 2.24) is 15.5 Å². The minimum Gasteiger partial charge on any atom is -0.497 e. The van der Waals surface area contributed by atoms with Crippen LogP contribution < -0.4 is 10.1 Å². The lowest BCUT2D eigenvalue weighted by molar-refractivity contribution is -0.384. The minimum atomic E-state index is -0.548. The molecule has 0 fully saturated rings. The lowest BCUT2D eigenvalue weighted by Crippen LogP contribution is -2.32. The Labute approximate surface area is 173 Å². The summed E-state index contributed by atoms with van der Waals surface area (Å²) in [6.07, 6.45) is 0.747. The van der Waals surface area contributed by atoms with Crippen LogP contribution in [0.25, 0.3) is 11.4 Å². The van der Waals surface area contributed by atoms with E-state index in [2.05, 4.69) is 15.5 Å². The number of carbonyl (C=O) groups is 1. The molecule has 1 aromatic heterocycles. The number of rotatable bonds is 8. The molecule has 0 saturated carbocycles.